The summed E-state index contributed by atoms with van der Waals surface area (Å²) in [6.07, 6.45) is 3.89. The molecule has 0 atom stereocenters. The molecule has 0 aliphatic heterocycles. The first kappa shape index (κ1) is 27.8. The molecule has 39 heavy (non-hydrogen) atoms. The molecule has 0 aliphatic rings. The van der Waals surface area contributed by atoms with Gasteiger partial charge in [0.1, 0.15) is 10.8 Å². The van der Waals surface area contributed by atoms with Gasteiger partial charge in [-0.2, -0.15) is 5.10 Å². The zero-order valence-corrected chi connectivity index (χ0v) is 23.0. The highest BCUT2D eigenvalue weighted by atomic mass is 32.1. The Bertz CT molecular complexity index is 1390. The normalized spacial score (nSPS) is 10.7. The van der Waals surface area contributed by atoms with Crippen molar-refractivity contribution in [1.82, 2.24) is 20.4 Å². The van der Waals surface area contributed by atoms with E-state index in [4.69, 9.17) is 4.74 Å². The molecule has 0 radical (unpaired) electrons. The van der Waals surface area contributed by atoms with E-state index in [1.807, 2.05) is 68.4 Å². The molecule has 2 N–H and O–H groups in total. The number of ether oxygens (including phenoxy) is 1. The van der Waals surface area contributed by atoms with Crippen molar-refractivity contribution in [3.8, 4) is 5.75 Å². The fraction of sp³-hybridized carbons (Fsp3) is 0.310. The van der Waals surface area contributed by atoms with Crippen LogP contribution in [-0.4, -0.2) is 38.8 Å². The molecule has 2 amide bonds. The van der Waals surface area contributed by atoms with E-state index in [2.05, 4.69) is 31.0 Å². The number of aromatic nitrogens is 4. The van der Waals surface area contributed by atoms with Gasteiger partial charge >= 0.3 is 0 Å². The number of aryl methyl sites for hydroxylation is 3. The first-order chi connectivity index (χ1) is 19.0. The topological polar surface area (TPSA) is 119 Å². The molecule has 0 bridgehead atoms. The average molecular weight is 545 g/mol. The number of rotatable bonds is 13. The molecule has 0 spiro atoms. The van der Waals surface area contributed by atoms with Crippen molar-refractivity contribution in [2.24, 2.45) is 0 Å². The van der Waals surface area contributed by atoms with Crippen LogP contribution in [-0.2, 0) is 35.3 Å². The predicted octanol–water partition coefficient (Wildman–Crippen LogP) is 4.96. The van der Waals surface area contributed by atoms with Crippen molar-refractivity contribution in [1.29, 1.82) is 0 Å². The van der Waals surface area contributed by atoms with Gasteiger partial charge in [0.15, 0.2) is 5.82 Å². The summed E-state index contributed by atoms with van der Waals surface area (Å²) < 4.78 is 5.49. The fourth-order valence-corrected chi connectivity index (χ4v) is 4.80. The van der Waals surface area contributed by atoms with E-state index in [1.165, 1.54) is 11.3 Å². The molecule has 0 saturated heterocycles. The molecule has 202 valence electrons. The summed E-state index contributed by atoms with van der Waals surface area (Å²) in [7, 11) is 0. The van der Waals surface area contributed by atoms with Gasteiger partial charge in [-0.3, -0.25) is 9.59 Å². The fourth-order valence-electron chi connectivity index (χ4n) is 4.00. The summed E-state index contributed by atoms with van der Waals surface area (Å²) in [5.41, 5.74) is 3.83. The van der Waals surface area contributed by atoms with Crippen molar-refractivity contribution < 1.29 is 14.3 Å². The molecule has 0 aliphatic carbocycles. The highest BCUT2D eigenvalue weighted by Gasteiger charge is 2.10. The van der Waals surface area contributed by atoms with Crippen LogP contribution in [0, 0.1) is 6.92 Å². The molecule has 0 fully saturated rings. The lowest BCUT2D eigenvalue weighted by molar-refractivity contribution is -0.116. The average Bonchev–Trinajstić information content (AvgIpc) is 3.35. The van der Waals surface area contributed by atoms with Gasteiger partial charge in [-0.1, -0.05) is 53.3 Å². The van der Waals surface area contributed by atoms with Crippen molar-refractivity contribution in [2.75, 3.05) is 17.2 Å². The zero-order valence-electron chi connectivity index (χ0n) is 22.1. The molecule has 10 heteroatoms. The maximum Gasteiger partial charge on any atom is 0.230 e. The quantitative estimate of drug-likeness (QED) is 0.228. The van der Waals surface area contributed by atoms with E-state index in [9.17, 15) is 9.59 Å². The first-order valence-corrected chi connectivity index (χ1v) is 13.8. The second-order valence-electron chi connectivity index (χ2n) is 9.14. The monoisotopic (exact) mass is 544 g/mol. The predicted molar refractivity (Wildman–Crippen MR) is 152 cm³/mol. The van der Waals surface area contributed by atoms with Crippen LogP contribution in [0.4, 0.5) is 10.9 Å². The lowest BCUT2D eigenvalue weighted by atomic mass is 10.1. The van der Waals surface area contributed by atoms with Crippen molar-refractivity contribution in [3.63, 3.8) is 0 Å². The Morgan fingerprint density at radius 3 is 2.31 bits per heavy atom. The lowest BCUT2D eigenvalue weighted by Gasteiger charge is -2.06. The van der Waals surface area contributed by atoms with E-state index in [1.54, 1.807) is 6.07 Å². The van der Waals surface area contributed by atoms with Crippen molar-refractivity contribution in [2.45, 2.75) is 52.4 Å². The molecule has 4 rings (SSSR count). The molecule has 0 saturated carbocycles. The van der Waals surface area contributed by atoms with Crippen LogP contribution in [0.2, 0.25) is 0 Å². The van der Waals surface area contributed by atoms with Crippen LogP contribution >= 0.6 is 11.3 Å². The van der Waals surface area contributed by atoms with Gasteiger partial charge in [0.05, 0.1) is 25.1 Å². The van der Waals surface area contributed by atoms with Gasteiger partial charge in [-0.05, 0) is 68.5 Å². The number of nitrogens with zero attached hydrogens (tertiary/aromatic N) is 4. The van der Waals surface area contributed by atoms with E-state index >= 15 is 0 Å². The molecule has 4 aromatic rings. The highest BCUT2D eigenvalue weighted by Crippen LogP contribution is 2.19. The van der Waals surface area contributed by atoms with Gasteiger partial charge in [-0.15, -0.1) is 15.3 Å². The number of hydrogen-bond acceptors (Lipinski definition) is 8. The zero-order chi connectivity index (χ0) is 27.5. The number of benzene rings is 2. The molecular formula is C29H32N6O3S. The van der Waals surface area contributed by atoms with Crippen LogP contribution in [0.25, 0.3) is 0 Å². The summed E-state index contributed by atoms with van der Waals surface area (Å²) in [4.78, 5) is 24.7. The van der Waals surface area contributed by atoms with E-state index in [0.29, 0.717) is 24.0 Å². The number of nitrogens with one attached hydrogen (secondary N) is 2. The van der Waals surface area contributed by atoms with E-state index < -0.39 is 0 Å². The van der Waals surface area contributed by atoms with Crippen molar-refractivity contribution >= 4 is 34.1 Å². The van der Waals surface area contributed by atoms with Gasteiger partial charge in [0, 0.05) is 6.42 Å². The van der Waals surface area contributed by atoms with Gasteiger partial charge in [0.2, 0.25) is 16.9 Å². The van der Waals surface area contributed by atoms with Crippen LogP contribution in [0.3, 0.4) is 0 Å². The Morgan fingerprint density at radius 2 is 1.56 bits per heavy atom. The maximum absolute atomic E-state index is 12.4. The molecule has 2 aromatic carbocycles. The third-order valence-corrected chi connectivity index (χ3v) is 6.69. The summed E-state index contributed by atoms with van der Waals surface area (Å²) in [6, 6.07) is 19.1. The number of amides is 2. The maximum atomic E-state index is 12.4. The molecule has 2 heterocycles. The van der Waals surface area contributed by atoms with Crippen LogP contribution < -0.4 is 15.4 Å². The Hall–Kier alpha value is -4.18. The molecule has 0 unspecified atom stereocenters. The molecular weight excluding hydrogens is 512 g/mol. The van der Waals surface area contributed by atoms with Crippen LogP contribution in [0.1, 0.15) is 47.2 Å². The summed E-state index contributed by atoms with van der Waals surface area (Å²) in [6.45, 7) is 4.51. The third kappa shape index (κ3) is 9.26. The highest BCUT2D eigenvalue weighted by molar-refractivity contribution is 7.15. The first-order valence-electron chi connectivity index (χ1n) is 13.0. The number of hydrogen-bond donors (Lipinski definition) is 2. The molecule has 2 aromatic heterocycles. The number of carbonyl (C=O) groups is 2. The third-order valence-electron chi connectivity index (χ3n) is 5.80. The Labute approximate surface area is 232 Å². The SMILES string of the molecule is CCOc1cccc(CC(=O)Nc2nnc(CCCCc3ccc(NC(=O)Cc4cccc(C)c4)nn3)s2)c1. The van der Waals surface area contributed by atoms with Gasteiger partial charge < -0.3 is 15.4 Å². The van der Waals surface area contributed by atoms with Gasteiger partial charge in [0.25, 0.3) is 0 Å². The largest absolute Gasteiger partial charge is 0.494 e. The number of unbranched alkanes of at least 4 members (excludes halogenated alkanes) is 1. The van der Waals surface area contributed by atoms with Gasteiger partial charge in [-0.25, -0.2) is 0 Å². The van der Waals surface area contributed by atoms with Crippen LogP contribution in [0.15, 0.2) is 60.7 Å². The van der Waals surface area contributed by atoms with E-state index in [-0.39, 0.29) is 18.2 Å². The second kappa shape index (κ2) is 14.1. The minimum absolute atomic E-state index is 0.119. The van der Waals surface area contributed by atoms with E-state index in [0.717, 1.165) is 58.8 Å². The summed E-state index contributed by atoms with van der Waals surface area (Å²) >= 11 is 1.39. The number of anilines is 2. The number of carbonyl (C=O) groups excluding carboxylic acids is 2. The Morgan fingerprint density at radius 1 is 0.821 bits per heavy atom. The minimum Gasteiger partial charge on any atom is -0.494 e. The molecule has 9 nitrogen and oxygen atoms in total. The standard InChI is InChI=1S/C29H32N6O3S/c1-3-38-24-12-7-10-22(17-24)19-27(37)31-29-35-34-28(39-29)13-5-4-11-23-14-15-25(33-32-23)30-26(36)18-21-9-6-8-20(2)16-21/h6-10,12,14-17H,3-5,11,13,18-19H2,1-2H3,(H,30,33,36)(H,31,35,37). The second-order valence-corrected chi connectivity index (χ2v) is 10.2. The van der Waals surface area contributed by atoms with Crippen molar-refractivity contribution in [3.05, 3.63) is 88.1 Å². The Balaban J connectivity index is 1.15. The minimum atomic E-state index is -0.139. The Kier molecular flexibility index (Phi) is 10.1. The summed E-state index contributed by atoms with van der Waals surface area (Å²) in [5.74, 6) is 0.941. The summed E-state index contributed by atoms with van der Waals surface area (Å²) in [5, 5.41) is 23.7. The smallest absolute Gasteiger partial charge is 0.230 e. The lowest BCUT2D eigenvalue weighted by Crippen LogP contribution is -2.16. The van der Waals surface area contributed by atoms with Crippen LogP contribution in [0.5, 0.6) is 5.75 Å².